The standard InChI is InChI=1S/C11H13NO4/c1-16-11(15)8-12-7-3-2-4-9(12)5-6-10(13)14/h2-4,7H,5-6,8H2,1H3/p+1. The third kappa shape index (κ3) is 3.68. The molecule has 0 unspecified atom stereocenters. The van der Waals surface area contributed by atoms with Crippen LogP contribution in [0.2, 0.25) is 0 Å². The van der Waals surface area contributed by atoms with Crippen molar-refractivity contribution in [1.82, 2.24) is 0 Å². The molecule has 0 atom stereocenters. The summed E-state index contributed by atoms with van der Waals surface area (Å²) in [6, 6.07) is 5.39. The molecule has 0 aromatic carbocycles. The van der Waals surface area contributed by atoms with Gasteiger partial charge in [0.1, 0.15) is 0 Å². The third-order valence-electron chi connectivity index (χ3n) is 2.16. The minimum absolute atomic E-state index is 0.0468. The highest BCUT2D eigenvalue weighted by Crippen LogP contribution is 1.97. The molecule has 16 heavy (non-hydrogen) atoms. The fourth-order valence-electron chi connectivity index (χ4n) is 1.33. The molecule has 5 nitrogen and oxygen atoms in total. The SMILES string of the molecule is COC(=O)C[n+]1ccccc1CCC(=O)O. The quantitative estimate of drug-likeness (QED) is 0.571. The number of aryl methyl sites for hydroxylation is 1. The maximum Gasteiger partial charge on any atom is 0.372 e. The summed E-state index contributed by atoms with van der Waals surface area (Å²) >= 11 is 0. The van der Waals surface area contributed by atoms with E-state index in [-0.39, 0.29) is 18.9 Å². The van der Waals surface area contributed by atoms with Gasteiger partial charge >= 0.3 is 11.9 Å². The Morgan fingerprint density at radius 2 is 2.19 bits per heavy atom. The van der Waals surface area contributed by atoms with Crippen molar-refractivity contribution in [2.45, 2.75) is 19.4 Å². The van der Waals surface area contributed by atoms with Crippen molar-refractivity contribution < 1.29 is 24.0 Å². The van der Waals surface area contributed by atoms with E-state index in [0.29, 0.717) is 6.42 Å². The number of ether oxygens (including phenoxy) is 1. The van der Waals surface area contributed by atoms with Gasteiger partial charge in [0, 0.05) is 18.6 Å². The van der Waals surface area contributed by atoms with E-state index < -0.39 is 5.97 Å². The monoisotopic (exact) mass is 224 g/mol. The summed E-state index contributed by atoms with van der Waals surface area (Å²) in [6.07, 6.45) is 2.17. The lowest BCUT2D eigenvalue weighted by Crippen LogP contribution is -2.42. The average Bonchev–Trinajstić information content (AvgIpc) is 2.27. The Bertz CT molecular complexity index is 389. The largest absolute Gasteiger partial charge is 0.481 e. The number of carbonyl (C=O) groups excluding carboxylic acids is 1. The number of rotatable bonds is 5. The number of aliphatic carboxylic acids is 1. The molecule has 5 heteroatoms. The average molecular weight is 224 g/mol. The number of aromatic nitrogens is 1. The third-order valence-corrected chi connectivity index (χ3v) is 2.16. The van der Waals surface area contributed by atoms with Crippen LogP contribution in [-0.4, -0.2) is 24.2 Å². The van der Waals surface area contributed by atoms with E-state index in [9.17, 15) is 9.59 Å². The topological polar surface area (TPSA) is 67.5 Å². The first-order valence-electron chi connectivity index (χ1n) is 4.89. The van der Waals surface area contributed by atoms with Gasteiger partial charge in [-0.25, -0.2) is 4.79 Å². The minimum atomic E-state index is -0.853. The molecule has 0 spiro atoms. The Morgan fingerprint density at radius 1 is 1.44 bits per heavy atom. The second kappa shape index (κ2) is 5.85. The fourth-order valence-corrected chi connectivity index (χ4v) is 1.33. The molecule has 0 aliphatic carbocycles. The smallest absolute Gasteiger partial charge is 0.372 e. The molecule has 0 amide bonds. The van der Waals surface area contributed by atoms with E-state index in [0.717, 1.165) is 5.69 Å². The van der Waals surface area contributed by atoms with Crippen LogP contribution in [0.3, 0.4) is 0 Å². The molecule has 0 fully saturated rings. The normalized spacial score (nSPS) is 9.81. The summed E-state index contributed by atoms with van der Waals surface area (Å²) in [7, 11) is 1.32. The zero-order valence-electron chi connectivity index (χ0n) is 9.05. The van der Waals surface area contributed by atoms with Gasteiger partial charge < -0.3 is 9.84 Å². The summed E-state index contributed by atoms with van der Waals surface area (Å²) in [5.41, 5.74) is 0.801. The predicted octanol–water partition coefficient (Wildman–Crippen LogP) is 0.164. The van der Waals surface area contributed by atoms with Crippen molar-refractivity contribution in [2.75, 3.05) is 7.11 Å². The van der Waals surface area contributed by atoms with E-state index in [2.05, 4.69) is 4.74 Å². The highest BCUT2D eigenvalue weighted by molar-refractivity contribution is 5.67. The van der Waals surface area contributed by atoms with Gasteiger partial charge in [-0.15, -0.1) is 0 Å². The Morgan fingerprint density at radius 3 is 2.81 bits per heavy atom. The van der Waals surface area contributed by atoms with Gasteiger partial charge in [-0.1, -0.05) is 6.07 Å². The fraction of sp³-hybridized carbons (Fsp3) is 0.364. The Balaban J connectivity index is 2.74. The number of hydrogen-bond donors (Lipinski definition) is 1. The van der Waals surface area contributed by atoms with E-state index in [1.807, 2.05) is 6.07 Å². The first-order chi connectivity index (χ1) is 7.63. The number of esters is 1. The summed E-state index contributed by atoms with van der Waals surface area (Å²) in [6.45, 7) is 0.103. The van der Waals surface area contributed by atoms with E-state index >= 15 is 0 Å². The summed E-state index contributed by atoms with van der Waals surface area (Å²) in [5, 5.41) is 8.59. The van der Waals surface area contributed by atoms with Crippen LogP contribution in [0.1, 0.15) is 12.1 Å². The molecule has 0 aliphatic heterocycles. The number of methoxy groups -OCH3 is 1. The zero-order valence-corrected chi connectivity index (χ0v) is 9.05. The molecule has 1 aromatic heterocycles. The molecule has 1 rings (SSSR count). The van der Waals surface area contributed by atoms with Gasteiger partial charge in [0.05, 0.1) is 13.5 Å². The molecule has 0 saturated carbocycles. The second-order valence-corrected chi connectivity index (χ2v) is 3.29. The van der Waals surface area contributed by atoms with Crippen LogP contribution >= 0.6 is 0 Å². The van der Waals surface area contributed by atoms with Gasteiger partial charge in [0.15, 0.2) is 11.9 Å². The lowest BCUT2D eigenvalue weighted by atomic mass is 10.2. The van der Waals surface area contributed by atoms with Crippen LogP contribution in [0.5, 0.6) is 0 Å². The first-order valence-corrected chi connectivity index (χ1v) is 4.89. The molecule has 1 aromatic rings. The number of pyridine rings is 1. The highest BCUT2D eigenvalue weighted by atomic mass is 16.5. The lowest BCUT2D eigenvalue weighted by Gasteiger charge is -2.01. The van der Waals surface area contributed by atoms with Crippen molar-refractivity contribution in [3.8, 4) is 0 Å². The van der Waals surface area contributed by atoms with Crippen molar-refractivity contribution >= 4 is 11.9 Å². The second-order valence-electron chi connectivity index (χ2n) is 3.29. The van der Waals surface area contributed by atoms with E-state index in [4.69, 9.17) is 5.11 Å². The minimum Gasteiger partial charge on any atom is -0.481 e. The summed E-state index contributed by atoms with van der Waals surface area (Å²) < 4.78 is 6.25. The molecule has 0 aliphatic rings. The predicted molar refractivity (Wildman–Crippen MR) is 54.6 cm³/mol. The van der Waals surface area contributed by atoms with Crippen LogP contribution in [0.25, 0.3) is 0 Å². The van der Waals surface area contributed by atoms with Crippen molar-refractivity contribution in [3.05, 3.63) is 30.1 Å². The van der Waals surface area contributed by atoms with Crippen LogP contribution in [0, 0.1) is 0 Å². The van der Waals surface area contributed by atoms with Crippen LogP contribution < -0.4 is 4.57 Å². The number of carboxylic acid groups (broad SMARTS) is 1. The molecule has 0 saturated heterocycles. The van der Waals surface area contributed by atoms with Crippen LogP contribution in [0.15, 0.2) is 24.4 Å². The first kappa shape index (κ1) is 12.2. The number of carbonyl (C=O) groups is 2. The Labute approximate surface area is 93.3 Å². The zero-order chi connectivity index (χ0) is 12.0. The van der Waals surface area contributed by atoms with Gasteiger partial charge in [0.25, 0.3) is 0 Å². The number of nitrogens with zero attached hydrogens (tertiary/aromatic N) is 1. The Hall–Kier alpha value is -1.91. The van der Waals surface area contributed by atoms with Crippen LogP contribution in [0.4, 0.5) is 0 Å². The van der Waals surface area contributed by atoms with E-state index in [1.165, 1.54) is 7.11 Å². The summed E-state index contributed by atoms with van der Waals surface area (Å²) in [4.78, 5) is 21.6. The van der Waals surface area contributed by atoms with E-state index in [1.54, 1.807) is 22.9 Å². The van der Waals surface area contributed by atoms with Gasteiger partial charge in [-0.05, 0) is 0 Å². The maximum absolute atomic E-state index is 11.1. The molecular formula is C11H14NO4+. The molecule has 0 bridgehead atoms. The van der Waals surface area contributed by atoms with Crippen molar-refractivity contribution in [3.63, 3.8) is 0 Å². The van der Waals surface area contributed by atoms with Crippen molar-refractivity contribution in [2.24, 2.45) is 0 Å². The van der Waals surface area contributed by atoms with Gasteiger partial charge in [-0.3, -0.25) is 4.79 Å². The highest BCUT2D eigenvalue weighted by Gasteiger charge is 2.15. The molecule has 1 heterocycles. The molecule has 1 N–H and O–H groups in total. The molecule has 86 valence electrons. The number of hydrogen-bond acceptors (Lipinski definition) is 3. The molecule has 0 radical (unpaired) electrons. The Kier molecular flexibility index (Phi) is 4.44. The number of carboxylic acids is 1. The maximum atomic E-state index is 11.1. The van der Waals surface area contributed by atoms with Crippen molar-refractivity contribution in [1.29, 1.82) is 0 Å². The van der Waals surface area contributed by atoms with Gasteiger partial charge in [-0.2, -0.15) is 4.57 Å². The van der Waals surface area contributed by atoms with Crippen LogP contribution in [-0.2, 0) is 27.3 Å². The van der Waals surface area contributed by atoms with Gasteiger partial charge in [0.2, 0.25) is 6.54 Å². The summed E-state index contributed by atoms with van der Waals surface area (Å²) in [5.74, 6) is -1.21. The molecular weight excluding hydrogens is 210 g/mol. The lowest BCUT2D eigenvalue weighted by molar-refractivity contribution is -0.693.